The van der Waals surface area contributed by atoms with Crippen LogP contribution in [0.1, 0.15) is 25.3 Å². The molecule has 0 saturated carbocycles. The van der Waals surface area contributed by atoms with Crippen LogP contribution in [-0.4, -0.2) is 25.1 Å². The molecule has 1 nitrogen and oxygen atoms in total. The summed E-state index contributed by atoms with van der Waals surface area (Å²) >= 11 is 5.54. The number of thioether (sulfide) groups is 1. The van der Waals surface area contributed by atoms with Gasteiger partial charge >= 0.3 is 0 Å². The van der Waals surface area contributed by atoms with E-state index in [-0.39, 0.29) is 0 Å². The zero-order chi connectivity index (χ0) is 13.2. The van der Waals surface area contributed by atoms with Crippen LogP contribution in [0.3, 0.4) is 0 Å². The van der Waals surface area contributed by atoms with Gasteiger partial charge in [0.05, 0.1) is 0 Å². The van der Waals surface area contributed by atoms with E-state index in [2.05, 4.69) is 59.5 Å². The maximum Gasteiger partial charge on any atom is 0.0175 e. The summed E-state index contributed by atoms with van der Waals surface area (Å²) < 4.78 is 1.16. The summed E-state index contributed by atoms with van der Waals surface area (Å²) in [6.07, 6.45) is 3.84. The van der Waals surface area contributed by atoms with Crippen molar-refractivity contribution in [1.29, 1.82) is 0 Å². The molecule has 1 rings (SSSR count). The van der Waals surface area contributed by atoms with E-state index in [1.807, 2.05) is 11.8 Å². The van der Waals surface area contributed by atoms with Gasteiger partial charge in [0, 0.05) is 4.47 Å². The van der Waals surface area contributed by atoms with Gasteiger partial charge in [-0.1, -0.05) is 35.0 Å². The zero-order valence-corrected chi connectivity index (χ0v) is 13.8. The second kappa shape index (κ2) is 9.88. The molecule has 18 heavy (non-hydrogen) atoms. The number of halogens is 1. The molecular weight excluding hydrogens is 306 g/mol. The van der Waals surface area contributed by atoms with Crippen LogP contribution in [0.15, 0.2) is 28.7 Å². The molecule has 1 atom stereocenters. The summed E-state index contributed by atoms with van der Waals surface area (Å²) in [5.41, 5.74) is 1.45. The second-order valence-corrected chi connectivity index (χ2v) is 6.90. The highest BCUT2D eigenvalue weighted by Crippen LogP contribution is 2.17. The van der Waals surface area contributed by atoms with Crippen LogP contribution in [-0.2, 0) is 6.42 Å². The minimum Gasteiger partial charge on any atom is -0.319 e. The highest BCUT2D eigenvalue weighted by atomic mass is 79.9. The van der Waals surface area contributed by atoms with Crippen molar-refractivity contribution in [3.8, 4) is 0 Å². The Morgan fingerprint density at radius 2 is 2.00 bits per heavy atom. The number of hydrogen-bond donors (Lipinski definition) is 1. The first-order valence-corrected chi connectivity index (χ1v) is 8.67. The lowest BCUT2D eigenvalue weighted by atomic mass is 9.95. The third kappa shape index (κ3) is 6.81. The smallest absolute Gasteiger partial charge is 0.0175 e. The molecule has 0 aliphatic heterocycles. The number of rotatable bonds is 9. The van der Waals surface area contributed by atoms with Crippen molar-refractivity contribution in [1.82, 2.24) is 5.32 Å². The van der Waals surface area contributed by atoms with E-state index in [1.165, 1.54) is 36.3 Å². The number of nitrogens with one attached hydrogen (secondary N) is 1. The van der Waals surface area contributed by atoms with Gasteiger partial charge in [0.2, 0.25) is 0 Å². The van der Waals surface area contributed by atoms with Crippen LogP contribution in [0.5, 0.6) is 0 Å². The molecule has 1 unspecified atom stereocenters. The number of hydrogen-bond acceptors (Lipinski definition) is 2. The summed E-state index contributed by atoms with van der Waals surface area (Å²) in [5, 5.41) is 3.32. The van der Waals surface area contributed by atoms with E-state index >= 15 is 0 Å². The molecule has 0 aliphatic carbocycles. The monoisotopic (exact) mass is 329 g/mol. The molecular formula is C15H24BrNS. The molecule has 1 aromatic rings. The first-order valence-electron chi connectivity index (χ1n) is 6.73. The van der Waals surface area contributed by atoms with E-state index in [0.29, 0.717) is 0 Å². The van der Waals surface area contributed by atoms with E-state index in [0.717, 1.165) is 16.9 Å². The third-order valence-electron chi connectivity index (χ3n) is 3.04. The quantitative estimate of drug-likeness (QED) is 0.675. The Morgan fingerprint density at radius 3 is 2.61 bits per heavy atom. The van der Waals surface area contributed by atoms with Crippen molar-refractivity contribution in [3.63, 3.8) is 0 Å². The first-order chi connectivity index (χ1) is 8.76. The maximum atomic E-state index is 3.49. The molecule has 3 heteroatoms. The van der Waals surface area contributed by atoms with Crippen molar-refractivity contribution in [2.24, 2.45) is 5.92 Å². The van der Waals surface area contributed by atoms with Gasteiger partial charge in [-0.05, 0) is 68.0 Å². The van der Waals surface area contributed by atoms with Crippen molar-refractivity contribution >= 4 is 27.7 Å². The Balaban J connectivity index is 2.38. The lowest BCUT2D eigenvalue weighted by Gasteiger charge is -2.16. The van der Waals surface area contributed by atoms with Crippen molar-refractivity contribution < 1.29 is 0 Å². The van der Waals surface area contributed by atoms with Gasteiger partial charge in [-0.25, -0.2) is 0 Å². The average Bonchev–Trinajstić information content (AvgIpc) is 2.37. The van der Waals surface area contributed by atoms with Crippen LogP contribution < -0.4 is 5.32 Å². The summed E-state index contributed by atoms with van der Waals surface area (Å²) in [6.45, 7) is 3.35. The fourth-order valence-corrected chi connectivity index (χ4v) is 3.06. The first kappa shape index (κ1) is 16.1. The number of benzene rings is 1. The van der Waals surface area contributed by atoms with E-state index in [1.54, 1.807) is 0 Å². The Bertz CT molecular complexity index is 313. The molecule has 0 spiro atoms. The summed E-state index contributed by atoms with van der Waals surface area (Å²) in [6, 6.07) is 8.73. The van der Waals surface area contributed by atoms with Crippen LogP contribution >= 0.6 is 27.7 Å². The minimum absolute atomic E-state index is 0.758. The molecule has 1 N–H and O–H groups in total. The fourth-order valence-electron chi connectivity index (χ4n) is 2.14. The predicted octanol–water partition coefficient (Wildman–Crippen LogP) is 4.36. The predicted molar refractivity (Wildman–Crippen MR) is 87.5 cm³/mol. The molecule has 1 aromatic carbocycles. The maximum absolute atomic E-state index is 3.49. The summed E-state index contributed by atoms with van der Waals surface area (Å²) in [4.78, 5) is 0. The molecule has 0 radical (unpaired) electrons. The van der Waals surface area contributed by atoms with E-state index in [4.69, 9.17) is 0 Å². The van der Waals surface area contributed by atoms with Crippen LogP contribution in [0.2, 0.25) is 0 Å². The van der Waals surface area contributed by atoms with Crippen molar-refractivity contribution in [2.45, 2.75) is 26.2 Å². The van der Waals surface area contributed by atoms with Crippen LogP contribution in [0.25, 0.3) is 0 Å². The molecule has 0 heterocycles. The Morgan fingerprint density at radius 1 is 1.28 bits per heavy atom. The zero-order valence-electron chi connectivity index (χ0n) is 11.4. The average molecular weight is 330 g/mol. The van der Waals surface area contributed by atoms with Gasteiger partial charge in [0.1, 0.15) is 0 Å². The summed E-state index contributed by atoms with van der Waals surface area (Å²) in [7, 11) is 2.05. The van der Waals surface area contributed by atoms with Gasteiger partial charge in [-0.15, -0.1) is 0 Å². The van der Waals surface area contributed by atoms with Crippen molar-refractivity contribution in [3.05, 3.63) is 34.3 Å². The molecule has 0 aromatic heterocycles. The lowest BCUT2D eigenvalue weighted by Crippen LogP contribution is -2.21. The van der Waals surface area contributed by atoms with Gasteiger partial charge in [-0.3, -0.25) is 0 Å². The lowest BCUT2D eigenvalue weighted by molar-refractivity contribution is 0.457. The standard InChI is InChI=1S/C15H24BrNS/c1-3-18-10-4-5-14(12-17-2)11-13-6-8-15(16)9-7-13/h6-9,14,17H,3-5,10-12H2,1-2H3. The molecule has 0 aliphatic rings. The summed E-state index contributed by atoms with van der Waals surface area (Å²) in [5.74, 6) is 3.30. The second-order valence-electron chi connectivity index (χ2n) is 4.59. The third-order valence-corrected chi connectivity index (χ3v) is 4.55. The molecule has 0 amide bonds. The molecule has 0 saturated heterocycles. The van der Waals surface area contributed by atoms with Gasteiger partial charge in [-0.2, -0.15) is 11.8 Å². The normalized spacial score (nSPS) is 12.6. The molecule has 0 bridgehead atoms. The van der Waals surface area contributed by atoms with Crippen molar-refractivity contribution in [2.75, 3.05) is 25.1 Å². The topological polar surface area (TPSA) is 12.0 Å². The van der Waals surface area contributed by atoms with E-state index in [9.17, 15) is 0 Å². The van der Waals surface area contributed by atoms with Crippen LogP contribution in [0, 0.1) is 5.92 Å². The molecule has 102 valence electrons. The minimum atomic E-state index is 0.758. The Kier molecular flexibility index (Phi) is 8.82. The Hall–Kier alpha value is 0.01000. The fraction of sp³-hybridized carbons (Fsp3) is 0.600. The SMILES string of the molecule is CCSCCCC(CNC)Cc1ccc(Br)cc1. The molecule has 0 fully saturated rings. The Labute approximate surface area is 124 Å². The van der Waals surface area contributed by atoms with E-state index < -0.39 is 0 Å². The van der Waals surface area contributed by atoms with Gasteiger partial charge in [0.15, 0.2) is 0 Å². The highest BCUT2D eigenvalue weighted by molar-refractivity contribution is 9.10. The van der Waals surface area contributed by atoms with Crippen LogP contribution in [0.4, 0.5) is 0 Å². The van der Waals surface area contributed by atoms with Gasteiger partial charge < -0.3 is 5.32 Å². The largest absolute Gasteiger partial charge is 0.319 e. The highest BCUT2D eigenvalue weighted by Gasteiger charge is 2.08. The van der Waals surface area contributed by atoms with Gasteiger partial charge in [0.25, 0.3) is 0 Å².